The lowest BCUT2D eigenvalue weighted by Crippen LogP contribution is -2.48. The summed E-state index contributed by atoms with van der Waals surface area (Å²) in [4.78, 5) is 0. The van der Waals surface area contributed by atoms with Gasteiger partial charge in [-0.1, -0.05) is 30.3 Å². The fourth-order valence-corrected chi connectivity index (χ4v) is 3.09. The number of nitrogens with one attached hydrogen (secondary N) is 1. The van der Waals surface area contributed by atoms with E-state index in [2.05, 4.69) is 4.72 Å². The maximum atomic E-state index is 12.0. The van der Waals surface area contributed by atoms with Gasteiger partial charge in [0, 0.05) is 25.7 Å². The van der Waals surface area contributed by atoms with Crippen LogP contribution in [0.25, 0.3) is 0 Å². The average molecular weight is 322 g/mol. The highest BCUT2D eigenvalue weighted by Crippen LogP contribution is 2.09. The predicted octanol–water partition coefficient (Wildman–Crippen LogP) is 0.275. The van der Waals surface area contributed by atoms with Crippen molar-refractivity contribution in [2.24, 2.45) is 5.73 Å². The van der Waals surface area contributed by atoms with Gasteiger partial charge in [0.15, 0.2) is 0 Å². The molecule has 2 rings (SSSR count). The van der Waals surface area contributed by atoms with E-state index >= 15 is 0 Å². The second kappa shape index (κ2) is 7.92. The maximum Gasteiger partial charge on any atom is 0.279 e. The van der Waals surface area contributed by atoms with E-state index in [4.69, 9.17) is 10.5 Å². The molecule has 8 heteroatoms. The molecule has 0 saturated carbocycles. The van der Waals surface area contributed by atoms with Crippen molar-refractivity contribution in [3.8, 4) is 0 Å². The Kier molecular flexibility index (Phi) is 6.87. The molecule has 6 nitrogen and oxygen atoms in total. The van der Waals surface area contributed by atoms with Crippen LogP contribution in [-0.2, 0) is 14.9 Å². The first-order valence-corrected chi connectivity index (χ1v) is 7.66. The van der Waals surface area contributed by atoms with Crippen LogP contribution in [0, 0.1) is 0 Å². The summed E-state index contributed by atoms with van der Waals surface area (Å²) < 4.78 is 33.1. The first kappa shape index (κ1) is 17.4. The number of halogens is 1. The quantitative estimate of drug-likeness (QED) is 0.815. The minimum absolute atomic E-state index is 0. The van der Waals surface area contributed by atoms with Crippen LogP contribution in [0.5, 0.6) is 0 Å². The van der Waals surface area contributed by atoms with Gasteiger partial charge in [-0.05, 0) is 5.56 Å². The van der Waals surface area contributed by atoms with Gasteiger partial charge in [-0.15, -0.1) is 12.4 Å². The van der Waals surface area contributed by atoms with Crippen molar-refractivity contribution in [3.05, 3.63) is 35.9 Å². The van der Waals surface area contributed by atoms with Crippen molar-refractivity contribution in [2.45, 2.75) is 6.04 Å². The lowest BCUT2D eigenvalue weighted by molar-refractivity contribution is 0.0725. The molecule has 0 spiro atoms. The molecule has 1 atom stereocenters. The van der Waals surface area contributed by atoms with Crippen molar-refractivity contribution >= 4 is 22.6 Å². The Hall–Kier alpha value is -0.700. The summed E-state index contributed by atoms with van der Waals surface area (Å²) in [5.41, 5.74) is 6.87. The third kappa shape index (κ3) is 4.69. The molecule has 0 bridgehead atoms. The first-order chi connectivity index (χ1) is 9.09. The zero-order chi connectivity index (χ0) is 13.7. The van der Waals surface area contributed by atoms with Crippen molar-refractivity contribution in [1.29, 1.82) is 0 Å². The zero-order valence-electron chi connectivity index (χ0n) is 11.1. The SMILES string of the molecule is Cl.NC(CNS(=O)(=O)N1CCOCC1)c1ccccc1. The summed E-state index contributed by atoms with van der Waals surface area (Å²) in [5.74, 6) is 0. The summed E-state index contributed by atoms with van der Waals surface area (Å²) in [6, 6.07) is 9.07. The number of rotatable bonds is 5. The second-order valence-corrected chi connectivity index (χ2v) is 6.14. The van der Waals surface area contributed by atoms with E-state index in [1.807, 2.05) is 30.3 Å². The van der Waals surface area contributed by atoms with Gasteiger partial charge in [0.25, 0.3) is 10.2 Å². The Morgan fingerprint density at radius 3 is 2.45 bits per heavy atom. The fourth-order valence-electron chi connectivity index (χ4n) is 1.89. The van der Waals surface area contributed by atoms with Crippen LogP contribution in [0.1, 0.15) is 11.6 Å². The van der Waals surface area contributed by atoms with Gasteiger partial charge >= 0.3 is 0 Å². The topological polar surface area (TPSA) is 84.7 Å². The zero-order valence-corrected chi connectivity index (χ0v) is 12.7. The molecule has 0 amide bonds. The predicted molar refractivity (Wildman–Crippen MR) is 79.9 cm³/mol. The van der Waals surface area contributed by atoms with Gasteiger partial charge in [0.05, 0.1) is 13.2 Å². The van der Waals surface area contributed by atoms with Gasteiger partial charge in [-0.2, -0.15) is 12.7 Å². The van der Waals surface area contributed by atoms with E-state index in [9.17, 15) is 8.42 Å². The average Bonchev–Trinajstić information content (AvgIpc) is 2.47. The van der Waals surface area contributed by atoms with Gasteiger partial charge in [0.2, 0.25) is 0 Å². The van der Waals surface area contributed by atoms with E-state index < -0.39 is 10.2 Å². The van der Waals surface area contributed by atoms with Gasteiger partial charge in [-0.3, -0.25) is 0 Å². The summed E-state index contributed by atoms with van der Waals surface area (Å²) in [6.45, 7) is 1.83. The highest BCUT2D eigenvalue weighted by atomic mass is 35.5. The molecule has 1 aliphatic heterocycles. The Balaban J connectivity index is 0.00000200. The van der Waals surface area contributed by atoms with E-state index in [1.54, 1.807) is 0 Å². The summed E-state index contributed by atoms with van der Waals surface area (Å²) in [5, 5.41) is 0. The molecule has 1 saturated heterocycles. The summed E-state index contributed by atoms with van der Waals surface area (Å²) in [7, 11) is -3.46. The van der Waals surface area contributed by atoms with Crippen molar-refractivity contribution < 1.29 is 13.2 Å². The maximum absolute atomic E-state index is 12.0. The van der Waals surface area contributed by atoms with E-state index in [1.165, 1.54) is 4.31 Å². The van der Waals surface area contributed by atoms with Crippen LogP contribution in [0.4, 0.5) is 0 Å². The molecule has 3 N–H and O–H groups in total. The third-order valence-electron chi connectivity index (χ3n) is 3.02. The van der Waals surface area contributed by atoms with Crippen LogP contribution < -0.4 is 10.5 Å². The van der Waals surface area contributed by atoms with Crippen LogP contribution >= 0.6 is 12.4 Å². The first-order valence-electron chi connectivity index (χ1n) is 6.22. The normalized spacial score (nSPS) is 18.2. The molecule has 0 aliphatic carbocycles. The molecule has 114 valence electrons. The minimum Gasteiger partial charge on any atom is -0.379 e. The van der Waals surface area contributed by atoms with Crippen molar-refractivity contribution in [3.63, 3.8) is 0 Å². The molecule has 0 aromatic heterocycles. The molecule has 1 aromatic carbocycles. The molecule has 20 heavy (non-hydrogen) atoms. The van der Waals surface area contributed by atoms with Crippen LogP contribution in [-0.4, -0.2) is 45.6 Å². The molecule has 1 fully saturated rings. The van der Waals surface area contributed by atoms with E-state index in [-0.39, 0.29) is 25.0 Å². The highest BCUT2D eigenvalue weighted by molar-refractivity contribution is 7.87. The van der Waals surface area contributed by atoms with Gasteiger partial charge in [0.1, 0.15) is 0 Å². The lowest BCUT2D eigenvalue weighted by atomic mass is 10.1. The number of morpholine rings is 1. The molecule has 1 aliphatic rings. The second-order valence-electron chi connectivity index (χ2n) is 4.38. The Bertz CT molecular complexity index is 492. The number of nitrogens with two attached hydrogens (primary N) is 1. The number of ether oxygens (including phenoxy) is 1. The molecule has 1 unspecified atom stereocenters. The molecular weight excluding hydrogens is 302 g/mol. The standard InChI is InChI=1S/C12H19N3O3S.ClH/c13-12(11-4-2-1-3-5-11)10-14-19(16,17)15-6-8-18-9-7-15;/h1-5,12,14H,6-10,13H2;1H. The fraction of sp³-hybridized carbons (Fsp3) is 0.500. The minimum atomic E-state index is -3.46. The molecule has 1 heterocycles. The van der Waals surface area contributed by atoms with Crippen LogP contribution in [0.2, 0.25) is 0 Å². The highest BCUT2D eigenvalue weighted by Gasteiger charge is 2.24. The molecular formula is C12H20ClN3O3S. The number of hydrogen-bond donors (Lipinski definition) is 2. The Morgan fingerprint density at radius 2 is 1.85 bits per heavy atom. The Morgan fingerprint density at radius 1 is 1.25 bits per heavy atom. The molecule has 0 radical (unpaired) electrons. The summed E-state index contributed by atoms with van der Waals surface area (Å²) in [6.07, 6.45) is 0. The number of nitrogens with zero attached hydrogens (tertiary/aromatic N) is 1. The Labute approximate surface area is 125 Å². The van der Waals surface area contributed by atoms with Gasteiger partial charge in [-0.25, -0.2) is 4.72 Å². The monoisotopic (exact) mass is 321 g/mol. The van der Waals surface area contributed by atoms with Crippen LogP contribution in [0.15, 0.2) is 30.3 Å². The van der Waals surface area contributed by atoms with Gasteiger partial charge < -0.3 is 10.5 Å². The van der Waals surface area contributed by atoms with E-state index in [0.717, 1.165) is 5.56 Å². The van der Waals surface area contributed by atoms with Crippen molar-refractivity contribution in [1.82, 2.24) is 9.03 Å². The smallest absolute Gasteiger partial charge is 0.279 e. The van der Waals surface area contributed by atoms with E-state index in [0.29, 0.717) is 26.3 Å². The lowest BCUT2D eigenvalue weighted by Gasteiger charge is -2.26. The summed E-state index contributed by atoms with van der Waals surface area (Å²) >= 11 is 0. The third-order valence-corrected chi connectivity index (χ3v) is 4.60. The number of hydrogen-bond acceptors (Lipinski definition) is 4. The molecule has 1 aromatic rings. The van der Waals surface area contributed by atoms with Crippen LogP contribution in [0.3, 0.4) is 0 Å². The largest absolute Gasteiger partial charge is 0.379 e. The van der Waals surface area contributed by atoms with Crippen molar-refractivity contribution in [2.75, 3.05) is 32.8 Å². The number of benzene rings is 1.